The number of aromatic nitrogens is 3. The Morgan fingerprint density at radius 3 is 2.59 bits per heavy atom. The molecule has 0 bridgehead atoms. The van der Waals surface area contributed by atoms with Gasteiger partial charge in [-0.25, -0.2) is 14.5 Å². The first-order valence-corrected chi connectivity index (χ1v) is 10.2. The summed E-state index contributed by atoms with van der Waals surface area (Å²) in [6.07, 6.45) is 3.04. The minimum absolute atomic E-state index is 0.167. The van der Waals surface area contributed by atoms with Crippen molar-refractivity contribution in [3.63, 3.8) is 0 Å². The van der Waals surface area contributed by atoms with Gasteiger partial charge in [-0.05, 0) is 45.2 Å². The summed E-state index contributed by atoms with van der Waals surface area (Å²) in [4.78, 5) is 30.1. The highest BCUT2D eigenvalue weighted by molar-refractivity contribution is 7.99. The lowest BCUT2D eigenvalue weighted by Gasteiger charge is -2.15. The summed E-state index contributed by atoms with van der Waals surface area (Å²) < 4.78 is 1.94. The highest BCUT2D eigenvalue weighted by Crippen LogP contribution is 2.40. The third kappa shape index (κ3) is 3.71. The molecule has 1 aliphatic heterocycles. The van der Waals surface area contributed by atoms with Crippen LogP contribution in [0.1, 0.15) is 44.9 Å². The van der Waals surface area contributed by atoms with Gasteiger partial charge in [0.25, 0.3) is 5.91 Å². The normalized spacial score (nSPS) is 18.8. The summed E-state index contributed by atoms with van der Waals surface area (Å²) in [5.74, 6) is 2.11. The zero-order valence-corrected chi connectivity index (χ0v) is 16.3. The minimum Gasteiger partial charge on any atom is -0.324 e. The lowest BCUT2D eigenvalue weighted by atomic mass is 10.1. The number of para-hydroxylation sites is 1. The van der Waals surface area contributed by atoms with Gasteiger partial charge in [-0.3, -0.25) is 9.69 Å². The van der Waals surface area contributed by atoms with E-state index < -0.39 is 5.54 Å². The van der Waals surface area contributed by atoms with E-state index in [4.69, 9.17) is 4.98 Å². The fourth-order valence-electron chi connectivity index (χ4n) is 3.14. The first kappa shape index (κ1) is 18.0. The SMILES string of the molecule is CC1(C)NC(=O)N(CCCSc2nc(C3CC3)n(-c3ccccc3)n2)C1=O. The van der Waals surface area contributed by atoms with E-state index in [9.17, 15) is 9.59 Å². The summed E-state index contributed by atoms with van der Waals surface area (Å²) in [6.45, 7) is 3.86. The molecule has 2 aliphatic rings. The molecule has 1 N–H and O–H groups in total. The van der Waals surface area contributed by atoms with Gasteiger partial charge < -0.3 is 5.32 Å². The van der Waals surface area contributed by atoms with Crippen molar-refractivity contribution < 1.29 is 9.59 Å². The van der Waals surface area contributed by atoms with Crippen LogP contribution in [0.3, 0.4) is 0 Å². The molecule has 0 spiro atoms. The highest BCUT2D eigenvalue weighted by atomic mass is 32.2. The molecule has 0 atom stereocenters. The number of thioether (sulfide) groups is 1. The number of benzene rings is 1. The first-order chi connectivity index (χ1) is 13.0. The van der Waals surface area contributed by atoms with E-state index in [0.717, 1.165) is 35.3 Å². The topological polar surface area (TPSA) is 80.1 Å². The molecule has 1 saturated carbocycles. The number of hydrogen-bond donors (Lipinski definition) is 1. The van der Waals surface area contributed by atoms with Crippen LogP contribution in [0.2, 0.25) is 0 Å². The van der Waals surface area contributed by atoms with E-state index in [1.54, 1.807) is 25.6 Å². The van der Waals surface area contributed by atoms with E-state index in [1.807, 2.05) is 35.0 Å². The molecule has 0 unspecified atom stereocenters. The van der Waals surface area contributed by atoms with Crippen LogP contribution in [0.5, 0.6) is 0 Å². The second-order valence-corrected chi connectivity index (χ2v) is 8.55. The second-order valence-electron chi connectivity index (χ2n) is 7.49. The molecule has 7 nitrogen and oxygen atoms in total. The molecular formula is C19H23N5O2S. The smallest absolute Gasteiger partial charge is 0.324 e. The van der Waals surface area contributed by atoms with Gasteiger partial charge in [-0.2, -0.15) is 0 Å². The average molecular weight is 385 g/mol. The van der Waals surface area contributed by atoms with Gasteiger partial charge in [0.05, 0.1) is 5.69 Å². The largest absolute Gasteiger partial charge is 0.325 e. The number of rotatable bonds is 7. The summed E-state index contributed by atoms with van der Waals surface area (Å²) in [5, 5.41) is 8.12. The number of nitrogens with one attached hydrogen (secondary N) is 1. The van der Waals surface area contributed by atoms with Crippen LogP contribution in [0.4, 0.5) is 4.79 Å². The molecule has 2 fully saturated rings. The lowest BCUT2D eigenvalue weighted by Crippen LogP contribution is -2.40. The molecule has 2 heterocycles. The van der Waals surface area contributed by atoms with Crippen molar-refractivity contribution in [1.82, 2.24) is 25.0 Å². The van der Waals surface area contributed by atoms with E-state index in [1.165, 1.54) is 4.90 Å². The van der Waals surface area contributed by atoms with Crippen LogP contribution in [0, 0.1) is 0 Å². The molecule has 3 amide bonds. The maximum Gasteiger partial charge on any atom is 0.325 e. The Hall–Kier alpha value is -2.35. The van der Waals surface area contributed by atoms with Crippen molar-refractivity contribution in [2.45, 2.75) is 49.7 Å². The van der Waals surface area contributed by atoms with Crippen LogP contribution in [0.15, 0.2) is 35.5 Å². The summed E-state index contributed by atoms with van der Waals surface area (Å²) in [5.41, 5.74) is 0.222. The maximum atomic E-state index is 12.2. The highest BCUT2D eigenvalue weighted by Gasteiger charge is 2.43. The van der Waals surface area contributed by atoms with Gasteiger partial charge in [-0.1, -0.05) is 30.0 Å². The number of carbonyl (C=O) groups excluding carboxylic acids is 2. The van der Waals surface area contributed by atoms with Crippen molar-refractivity contribution in [3.8, 4) is 5.69 Å². The predicted octanol–water partition coefficient (Wildman–Crippen LogP) is 2.96. The van der Waals surface area contributed by atoms with Gasteiger partial charge in [0.15, 0.2) is 0 Å². The Morgan fingerprint density at radius 1 is 1.22 bits per heavy atom. The molecule has 0 radical (unpaired) electrons. The standard InChI is InChI=1S/C19H23N5O2S/c1-19(2)16(25)23(18(26)21-19)11-6-12-27-17-20-15(13-9-10-13)24(22-17)14-7-4-3-5-8-14/h3-5,7-8,13H,6,9-12H2,1-2H3,(H,21,26). The van der Waals surface area contributed by atoms with Crippen LogP contribution >= 0.6 is 11.8 Å². The van der Waals surface area contributed by atoms with Gasteiger partial charge >= 0.3 is 6.03 Å². The Bertz CT molecular complexity index is 860. The zero-order valence-electron chi connectivity index (χ0n) is 15.5. The van der Waals surface area contributed by atoms with Crippen molar-refractivity contribution in [3.05, 3.63) is 36.2 Å². The van der Waals surface area contributed by atoms with Gasteiger partial charge in [0.1, 0.15) is 11.4 Å². The zero-order chi connectivity index (χ0) is 19.0. The lowest BCUT2D eigenvalue weighted by molar-refractivity contribution is -0.130. The van der Waals surface area contributed by atoms with Crippen molar-refractivity contribution in [2.24, 2.45) is 0 Å². The second kappa shape index (κ2) is 6.99. The fourth-order valence-corrected chi connectivity index (χ4v) is 3.89. The summed E-state index contributed by atoms with van der Waals surface area (Å²) in [6, 6.07) is 9.75. The van der Waals surface area contributed by atoms with Crippen molar-refractivity contribution >= 4 is 23.7 Å². The van der Waals surface area contributed by atoms with E-state index in [-0.39, 0.29) is 11.9 Å². The summed E-state index contributed by atoms with van der Waals surface area (Å²) >= 11 is 1.57. The molecule has 2 aromatic rings. The molecule has 142 valence electrons. The Morgan fingerprint density at radius 2 is 1.96 bits per heavy atom. The van der Waals surface area contributed by atoms with E-state index in [2.05, 4.69) is 10.4 Å². The number of nitrogens with zero attached hydrogens (tertiary/aromatic N) is 4. The quantitative estimate of drug-likeness (QED) is 0.450. The maximum absolute atomic E-state index is 12.2. The van der Waals surface area contributed by atoms with Gasteiger partial charge in [0, 0.05) is 18.2 Å². The third-order valence-electron chi connectivity index (χ3n) is 4.76. The molecule has 4 rings (SSSR count). The Kier molecular flexibility index (Phi) is 4.67. The van der Waals surface area contributed by atoms with Gasteiger partial charge in [0.2, 0.25) is 5.16 Å². The number of imide groups is 1. The van der Waals surface area contributed by atoms with Crippen LogP contribution in [0.25, 0.3) is 5.69 Å². The van der Waals surface area contributed by atoms with Crippen LogP contribution < -0.4 is 5.32 Å². The van der Waals surface area contributed by atoms with E-state index >= 15 is 0 Å². The molecule has 8 heteroatoms. The number of hydrogen-bond acceptors (Lipinski definition) is 5. The molecule has 1 aromatic carbocycles. The first-order valence-electron chi connectivity index (χ1n) is 9.25. The molecule has 27 heavy (non-hydrogen) atoms. The minimum atomic E-state index is -0.806. The monoisotopic (exact) mass is 385 g/mol. The van der Waals surface area contributed by atoms with E-state index in [0.29, 0.717) is 18.9 Å². The van der Waals surface area contributed by atoms with Crippen LogP contribution in [-0.2, 0) is 4.79 Å². The average Bonchev–Trinajstić information content (AvgIpc) is 3.37. The fraction of sp³-hybridized carbons (Fsp3) is 0.474. The van der Waals surface area contributed by atoms with Crippen molar-refractivity contribution in [1.29, 1.82) is 0 Å². The molecule has 1 saturated heterocycles. The Labute approximate surface area is 162 Å². The third-order valence-corrected chi connectivity index (χ3v) is 5.68. The van der Waals surface area contributed by atoms with Gasteiger partial charge in [-0.15, -0.1) is 5.10 Å². The van der Waals surface area contributed by atoms with Crippen LogP contribution in [-0.4, -0.2) is 49.4 Å². The number of amides is 3. The number of carbonyl (C=O) groups is 2. The Balaban J connectivity index is 1.37. The summed E-state index contributed by atoms with van der Waals surface area (Å²) in [7, 11) is 0. The van der Waals surface area contributed by atoms with Crippen molar-refractivity contribution in [2.75, 3.05) is 12.3 Å². The molecule has 1 aliphatic carbocycles. The predicted molar refractivity (Wildman–Crippen MR) is 103 cm³/mol. The number of urea groups is 1. The molecule has 1 aromatic heterocycles. The molecular weight excluding hydrogens is 362 g/mol.